The number of nitrogen functional groups attached to an aromatic ring is 1. The van der Waals surface area contributed by atoms with Crippen molar-refractivity contribution in [3.8, 4) is 28.3 Å². The standard InChI is InChI=1S/C34H35N7O2S/c1-2-44(42,43)39-26-16-18-34(19-17-26)22-40(23-34)21-24-10-12-27(13-11-24)41-32(28-9-6-20-36-31(28)35)38-30-15-14-29(37-33(30)41)25-7-4-3-5-8-25/h2-15,20,26,39H,1,16-19,21-23H2,(H2,35,36). The van der Waals surface area contributed by atoms with Crippen LogP contribution in [0.5, 0.6) is 0 Å². The highest BCUT2D eigenvalue weighted by atomic mass is 32.2. The number of pyridine rings is 2. The largest absolute Gasteiger partial charge is 0.383 e. The Kier molecular flexibility index (Phi) is 7.28. The smallest absolute Gasteiger partial charge is 0.233 e. The molecule has 0 bridgehead atoms. The monoisotopic (exact) mass is 605 g/mol. The third kappa shape index (κ3) is 5.52. The van der Waals surface area contributed by atoms with E-state index < -0.39 is 10.0 Å². The highest BCUT2D eigenvalue weighted by Gasteiger charge is 2.45. The van der Waals surface area contributed by atoms with Crippen molar-refractivity contribution < 1.29 is 8.42 Å². The zero-order valence-electron chi connectivity index (χ0n) is 24.4. The highest BCUT2D eigenvalue weighted by Crippen LogP contribution is 2.44. The normalized spacial score (nSPS) is 17.1. The summed E-state index contributed by atoms with van der Waals surface area (Å²) in [6.45, 7) is 6.35. The van der Waals surface area contributed by atoms with Crippen molar-refractivity contribution in [2.45, 2.75) is 38.3 Å². The molecule has 0 atom stereocenters. The fraction of sp³-hybridized carbons (Fsp3) is 0.265. The van der Waals surface area contributed by atoms with Crippen LogP contribution in [-0.4, -0.2) is 52.0 Å². The van der Waals surface area contributed by atoms with E-state index in [2.05, 4.69) is 62.2 Å². The minimum absolute atomic E-state index is 0.00893. The van der Waals surface area contributed by atoms with E-state index >= 15 is 0 Å². The Labute approximate surface area is 257 Å². The molecule has 9 nitrogen and oxygen atoms in total. The van der Waals surface area contributed by atoms with Gasteiger partial charge in [-0.3, -0.25) is 9.47 Å². The Morgan fingerprint density at radius 3 is 2.41 bits per heavy atom. The number of rotatable bonds is 8. The van der Waals surface area contributed by atoms with Gasteiger partial charge in [-0.05, 0) is 73.1 Å². The molecule has 1 saturated carbocycles. The van der Waals surface area contributed by atoms with Crippen molar-refractivity contribution in [3.63, 3.8) is 0 Å². The molecule has 10 heteroatoms. The van der Waals surface area contributed by atoms with E-state index in [4.69, 9.17) is 15.7 Å². The van der Waals surface area contributed by atoms with E-state index in [1.54, 1.807) is 6.20 Å². The molecular weight excluding hydrogens is 570 g/mol. The summed E-state index contributed by atoms with van der Waals surface area (Å²) >= 11 is 0. The molecule has 224 valence electrons. The van der Waals surface area contributed by atoms with Crippen molar-refractivity contribution in [2.24, 2.45) is 5.41 Å². The number of likely N-dealkylation sites (tertiary alicyclic amines) is 1. The van der Waals surface area contributed by atoms with Gasteiger partial charge in [0.1, 0.15) is 11.3 Å². The Bertz CT molecular complexity index is 1920. The van der Waals surface area contributed by atoms with Crippen LogP contribution >= 0.6 is 0 Å². The molecule has 1 saturated heterocycles. The van der Waals surface area contributed by atoms with E-state index in [0.29, 0.717) is 17.1 Å². The maximum absolute atomic E-state index is 11.9. The SMILES string of the molecule is C=CS(=O)(=O)NC1CCC2(CC1)CN(Cc1ccc(-n3c(-c4cccnc4N)nc4ccc(-c5ccccc5)nc43)cc1)C2. The van der Waals surface area contributed by atoms with E-state index in [-0.39, 0.29) is 6.04 Å². The summed E-state index contributed by atoms with van der Waals surface area (Å²) in [5, 5.41) is 0.997. The second-order valence-corrected chi connectivity index (χ2v) is 13.7. The molecule has 7 rings (SSSR count). The van der Waals surface area contributed by atoms with Crippen LogP contribution in [0, 0.1) is 5.41 Å². The van der Waals surface area contributed by atoms with Crippen LogP contribution in [0.1, 0.15) is 31.2 Å². The summed E-state index contributed by atoms with van der Waals surface area (Å²) in [5.41, 5.74) is 13.0. The van der Waals surface area contributed by atoms with Gasteiger partial charge in [0.05, 0.1) is 11.3 Å². The average molecular weight is 606 g/mol. The van der Waals surface area contributed by atoms with Gasteiger partial charge in [-0.15, -0.1) is 0 Å². The molecule has 0 unspecified atom stereocenters. The predicted octanol–water partition coefficient (Wildman–Crippen LogP) is 5.54. The molecule has 5 aromatic rings. The van der Waals surface area contributed by atoms with Gasteiger partial charge in [0, 0.05) is 48.5 Å². The summed E-state index contributed by atoms with van der Waals surface area (Å²) < 4.78 is 28.5. The van der Waals surface area contributed by atoms with E-state index in [0.717, 1.165) is 84.4 Å². The molecule has 2 aliphatic rings. The van der Waals surface area contributed by atoms with Crippen LogP contribution in [-0.2, 0) is 16.6 Å². The van der Waals surface area contributed by atoms with Crippen LogP contribution in [0.2, 0.25) is 0 Å². The van der Waals surface area contributed by atoms with Crippen molar-refractivity contribution >= 4 is 27.0 Å². The Hall–Kier alpha value is -4.38. The number of nitrogens with one attached hydrogen (secondary N) is 1. The Morgan fingerprint density at radius 1 is 0.955 bits per heavy atom. The minimum Gasteiger partial charge on any atom is -0.383 e. The summed E-state index contributed by atoms with van der Waals surface area (Å²) in [7, 11) is -3.38. The molecule has 0 radical (unpaired) electrons. The van der Waals surface area contributed by atoms with Crippen LogP contribution in [0.25, 0.3) is 39.5 Å². The van der Waals surface area contributed by atoms with Crippen molar-refractivity contribution in [2.75, 3.05) is 18.8 Å². The number of imidazole rings is 1. The minimum atomic E-state index is -3.38. The lowest BCUT2D eigenvalue weighted by Gasteiger charge is -2.53. The summed E-state index contributed by atoms with van der Waals surface area (Å²) in [6, 6.07) is 26.5. The fourth-order valence-corrected chi connectivity index (χ4v) is 7.52. The van der Waals surface area contributed by atoms with E-state index in [9.17, 15) is 8.42 Å². The van der Waals surface area contributed by atoms with Crippen molar-refractivity contribution in [1.29, 1.82) is 0 Å². The average Bonchev–Trinajstić information content (AvgIpc) is 3.41. The molecule has 2 fully saturated rings. The third-order valence-corrected chi connectivity index (χ3v) is 10.1. The highest BCUT2D eigenvalue weighted by molar-refractivity contribution is 7.92. The van der Waals surface area contributed by atoms with Crippen LogP contribution in [0.15, 0.2) is 97.0 Å². The first-order valence-electron chi connectivity index (χ1n) is 14.9. The number of aromatic nitrogens is 4. The second-order valence-electron chi connectivity index (χ2n) is 12.0. The van der Waals surface area contributed by atoms with Gasteiger partial charge in [0.2, 0.25) is 10.0 Å². The molecule has 1 aliphatic heterocycles. The molecule has 0 amide bonds. The van der Waals surface area contributed by atoms with Gasteiger partial charge in [-0.2, -0.15) is 0 Å². The summed E-state index contributed by atoms with van der Waals surface area (Å²) in [4.78, 5) is 16.8. The number of benzene rings is 2. The second kappa shape index (κ2) is 11.3. The van der Waals surface area contributed by atoms with Crippen LogP contribution in [0.3, 0.4) is 0 Å². The van der Waals surface area contributed by atoms with Gasteiger partial charge >= 0.3 is 0 Å². The molecule has 44 heavy (non-hydrogen) atoms. The number of sulfonamides is 1. The first kappa shape index (κ1) is 28.4. The van der Waals surface area contributed by atoms with Gasteiger partial charge in [0.25, 0.3) is 0 Å². The first-order chi connectivity index (χ1) is 21.3. The van der Waals surface area contributed by atoms with E-state index in [1.165, 1.54) is 5.56 Å². The molecule has 3 aromatic heterocycles. The zero-order chi connectivity index (χ0) is 30.3. The molecule has 3 N–H and O–H groups in total. The molecule has 2 aromatic carbocycles. The molecular formula is C34H35N7O2S. The van der Waals surface area contributed by atoms with Crippen molar-refractivity contribution in [3.05, 3.63) is 103 Å². The van der Waals surface area contributed by atoms with Gasteiger partial charge < -0.3 is 5.73 Å². The number of anilines is 1. The van der Waals surface area contributed by atoms with Gasteiger partial charge in [-0.25, -0.2) is 28.1 Å². The number of hydrogen-bond acceptors (Lipinski definition) is 7. The molecule has 1 spiro atoms. The van der Waals surface area contributed by atoms with E-state index in [1.807, 2.05) is 42.5 Å². The Balaban J connectivity index is 1.11. The zero-order valence-corrected chi connectivity index (χ0v) is 25.2. The number of hydrogen-bond donors (Lipinski definition) is 2. The lowest BCUT2D eigenvalue weighted by Crippen LogP contribution is -2.58. The molecule has 1 aliphatic carbocycles. The lowest BCUT2D eigenvalue weighted by molar-refractivity contribution is -0.0372. The third-order valence-electron chi connectivity index (χ3n) is 8.97. The number of fused-ring (bicyclic) bond motifs is 1. The summed E-state index contributed by atoms with van der Waals surface area (Å²) in [6.07, 6.45) is 5.51. The molecule has 4 heterocycles. The fourth-order valence-electron chi connectivity index (χ4n) is 6.73. The summed E-state index contributed by atoms with van der Waals surface area (Å²) in [5.74, 6) is 1.12. The van der Waals surface area contributed by atoms with Crippen LogP contribution < -0.4 is 10.5 Å². The van der Waals surface area contributed by atoms with Crippen molar-refractivity contribution in [1.82, 2.24) is 29.1 Å². The maximum Gasteiger partial charge on any atom is 0.233 e. The van der Waals surface area contributed by atoms with Gasteiger partial charge in [-0.1, -0.05) is 49.0 Å². The quantitative estimate of drug-likeness (QED) is 0.238. The predicted molar refractivity (Wildman–Crippen MR) is 174 cm³/mol. The maximum atomic E-state index is 11.9. The number of nitrogens with two attached hydrogens (primary N) is 1. The Morgan fingerprint density at radius 2 is 1.70 bits per heavy atom. The first-order valence-corrected chi connectivity index (χ1v) is 16.5. The topological polar surface area (TPSA) is 119 Å². The van der Waals surface area contributed by atoms with Gasteiger partial charge in [0.15, 0.2) is 11.5 Å². The van der Waals surface area contributed by atoms with Crippen LogP contribution in [0.4, 0.5) is 5.82 Å². The number of nitrogens with zero attached hydrogens (tertiary/aromatic N) is 5. The lowest BCUT2D eigenvalue weighted by atomic mass is 9.67.